The molecule has 0 fully saturated rings. The summed E-state index contributed by atoms with van der Waals surface area (Å²) < 4.78 is 30.3. The van der Waals surface area contributed by atoms with Crippen molar-refractivity contribution in [3.63, 3.8) is 0 Å². The van der Waals surface area contributed by atoms with Crippen molar-refractivity contribution < 1.29 is 13.2 Å². The molecule has 9 heteroatoms. The number of sulfonamides is 1. The summed E-state index contributed by atoms with van der Waals surface area (Å²) in [6.45, 7) is 9.49. The van der Waals surface area contributed by atoms with Crippen LogP contribution in [0.15, 0.2) is 46.3 Å². The average Bonchev–Trinajstić information content (AvgIpc) is 3.10. The number of carbonyl (C=O) groups excluding carboxylic acids is 1. The lowest BCUT2D eigenvalue weighted by atomic mass is 10.2. The van der Waals surface area contributed by atoms with E-state index in [9.17, 15) is 13.2 Å². The van der Waals surface area contributed by atoms with Gasteiger partial charge in [0.2, 0.25) is 10.0 Å². The van der Waals surface area contributed by atoms with Crippen LogP contribution < -0.4 is 4.80 Å². The molecule has 3 aromatic rings. The lowest BCUT2D eigenvalue weighted by Crippen LogP contribution is -2.32. The van der Waals surface area contributed by atoms with Crippen molar-refractivity contribution in [1.82, 2.24) is 8.87 Å². The smallest absolute Gasteiger partial charge is 0.279 e. The molecular formula is C23H28ClN3O3S2. The zero-order valence-corrected chi connectivity index (χ0v) is 21.1. The molecule has 0 aliphatic carbocycles. The van der Waals surface area contributed by atoms with Gasteiger partial charge in [-0.25, -0.2) is 8.42 Å². The van der Waals surface area contributed by atoms with Crippen LogP contribution in [0, 0.1) is 6.92 Å². The predicted molar refractivity (Wildman–Crippen MR) is 131 cm³/mol. The number of amides is 1. The molecule has 1 aromatic heterocycles. The Labute approximate surface area is 198 Å². The van der Waals surface area contributed by atoms with E-state index in [2.05, 4.69) is 4.99 Å². The van der Waals surface area contributed by atoms with Gasteiger partial charge in [0.15, 0.2) is 4.80 Å². The molecule has 172 valence electrons. The van der Waals surface area contributed by atoms with Crippen molar-refractivity contribution in [3.8, 4) is 0 Å². The van der Waals surface area contributed by atoms with Crippen LogP contribution in [-0.2, 0) is 16.6 Å². The van der Waals surface area contributed by atoms with Crippen molar-refractivity contribution in [2.24, 2.45) is 4.99 Å². The fourth-order valence-electron chi connectivity index (χ4n) is 3.68. The Kier molecular flexibility index (Phi) is 7.92. The van der Waals surface area contributed by atoms with Crippen molar-refractivity contribution in [2.75, 3.05) is 13.1 Å². The Hall–Kier alpha value is -2.00. The number of aryl methyl sites for hydroxylation is 2. The van der Waals surface area contributed by atoms with Crippen LogP contribution in [0.25, 0.3) is 10.2 Å². The summed E-state index contributed by atoms with van der Waals surface area (Å²) in [7, 11) is -3.59. The van der Waals surface area contributed by atoms with Gasteiger partial charge in [0.1, 0.15) is 0 Å². The maximum atomic E-state index is 12.9. The lowest BCUT2D eigenvalue weighted by Gasteiger charge is -2.21. The number of benzene rings is 2. The molecule has 0 bridgehead atoms. The fraction of sp³-hybridized carbons (Fsp3) is 0.391. The molecular weight excluding hydrogens is 466 g/mol. The molecule has 0 atom stereocenters. The van der Waals surface area contributed by atoms with Gasteiger partial charge in [0.05, 0.1) is 15.1 Å². The van der Waals surface area contributed by atoms with Gasteiger partial charge in [-0.1, -0.05) is 36.8 Å². The van der Waals surface area contributed by atoms with Crippen molar-refractivity contribution in [1.29, 1.82) is 0 Å². The van der Waals surface area contributed by atoms with Crippen LogP contribution in [0.5, 0.6) is 0 Å². The van der Waals surface area contributed by atoms with Gasteiger partial charge in [-0.3, -0.25) is 4.79 Å². The molecule has 32 heavy (non-hydrogen) atoms. The Morgan fingerprint density at radius 3 is 2.28 bits per heavy atom. The first-order valence-corrected chi connectivity index (χ1v) is 13.3. The van der Waals surface area contributed by atoms with E-state index in [0.717, 1.165) is 28.6 Å². The second-order valence-electron chi connectivity index (χ2n) is 7.54. The van der Waals surface area contributed by atoms with E-state index < -0.39 is 15.9 Å². The van der Waals surface area contributed by atoms with Gasteiger partial charge < -0.3 is 4.57 Å². The SMILES string of the molecule is CCCN(CCC)S(=O)(=O)c1ccc(C(=O)N=c2sc3cc(Cl)cc(C)c3n2CC)cc1. The van der Waals surface area contributed by atoms with E-state index in [-0.39, 0.29) is 4.90 Å². The highest BCUT2D eigenvalue weighted by Gasteiger charge is 2.23. The van der Waals surface area contributed by atoms with Crippen LogP contribution in [0.3, 0.4) is 0 Å². The summed E-state index contributed by atoms with van der Waals surface area (Å²) in [6.07, 6.45) is 1.48. The molecule has 0 N–H and O–H groups in total. The normalized spacial score (nSPS) is 12.8. The number of hydrogen-bond donors (Lipinski definition) is 0. The summed E-state index contributed by atoms with van der Waals surface area (Å²) in [5, 5.41) is 0.648. The van der Waals surface area contributed by atoms with Crippen LogP contribution in [-0.4, -0.2) is 36.3 Å². The number of fused-ring (bicyclic) bond motifs is 1. The largest absolute Gasteiger partial charge is 0.316 e. The molecule has 3 rings (SSSR count). The zero-order valence-electron chi connectivity index (χ0n) is 18.8. The summed E-state index contributed by atoms with van der Waals surface area (Å²) >= 11 is 7.60. The maximum absolute atomic E-state index is 12.9. The first kappa shape index (κ1) is 24.6. The summed E-state index contributed by atoms with van der Waals surface area (Å²) in [4.78, 5) is 18.0. The molecule has 0 saturated carbocycles. The summed E-state index contributed by atoms with van der Waals surface area (Å²) in [6, 6.07) is 9.80. The monoisotopic (exact) mass is 493 g/mol. The van der Waals surface area contributed by atoms with Gasteiger partial charge in [-0.2, -0.15) is 9.30 Å². The minimum atomic E-state index is -3.59. The van der Waals surface area contributed by atoms with Crippen LogP contribution >= 0.6 is 22.9 Å². The summed E-state index contributed by atoms with van der Waals surface area (Å²) in [5.74, 6) is -0.412. The summed E-state index contributed by atoms with van der Waals surface area (Å²) in [5.41, 5.74) is 2.39. The lowest BCUT2D eigenvalue weighted by molar-refractivity contribution is 0.0997. The van der Waals surface area contributed by atoms with E-state index in [1.165, 1.54) is 39.9 Å². The van der Waals surface area contributed by atoms with Crippen LogP contribution in [0.2, 0.25) is 5.02 Å². The molecule has 1 amide bonds. The average molecular weight is 494 g/mol. The third kappa shape index (κ3) is 4.98. The first-order chi connectivity index (χ1) is 15.2. The third-order valence-electron chi connectivity index (χ3n) is 5.13. The Balaban J connectivity index is 1.96. The Bertz CT molecular complexity index is 1290. The minimum Gasteiger partial charge on any atom is -0.316 e. The molecule has 6 nitrogen and oxygen atoms in total. The van der Waals surface area contributed by atoms with E-state index in [0.29, 0.717) is 35.0 Å². The molecule has 0 radical (unpaired) electrons. The van der Waals surface area contributed by atoms with Crippen molar-refractivity contribution in [2.45, 2.75) is 52.0 Å². The Morgan fingerprint density at radius 1 is 1.09 bits per heavy atom. The van der Waals surface area contributed by atoms with E-state index in [1.807, 2.05) is 44.4 Å². The van der Waals surface area contributed by atoms with Gasteiger partial charge in [0, 0.05) is 30.2 Å². The first-order valence-electron chi connectivity index (χ1n) is 10.7. The minimum absolute atomic E-state index is 0.187. The number of nitrogens with zero attached hydrogens (tertiary/aromatic N) is 3. The number of halogens is 1. The third-order valence-corrected chi connectivity index (χ3v) is 8.29. The molecule has 0 unspecified atom stereocenters. The topological polar surface area (TPSA) is 71.7 Å². The second kappa shape index (κ2) is 10.3. The number of aromatic nitrogens is 1. The van der Waals surface area contributed by atoms with Gasteiger partial charge in [0.25, 0.3) is 5.91 Å². The molecule has 2 aromatic carbocycles. The molecule has 0 saturated heterocycles. The predicted octanol–water partition coefficient (Wildman–Crippen LogP) is 5.24. The van der Waals surface area contributed by atoms with Crippen molar-refractivity contribution in [3.05, 3.63) is 57.3 Å². The second-order valence-corrected chi connectivity index (χ2v) is 10.9. The van der Waals surface area contributed by atoms with Crippen LogP contribution in [0.1, 0.15) is 49.5 Å². The molecule has 0 aliphatic heterocycles. The maximum Gasteiger partial charge on any atom is 0.279 e. The van der Waals surface area contributed by atoms with Gasteiger partial charge in [-0.05, 0) is 68.7 Å². The molecule has 0 spiro atoms. The number of hydrogen-bond acceptors (Lipinski definition) is 4. The highest BCUT2D eigenvalue weighted by Crippen LogP contribution is 2.26. The molecule has 0 aliphatic rings. The van der Waals surface area contributed by atoms with Crippen molar-refractivity contribution >= 4 is 49.1 Å². The zero-order chi connectivity index (χ0) is 23.5. The number of rotatable bonds is 8. The van der Waals surface area contributed by atoms with Gasteiger partial charge >= 0.3 is 0 Å². The number of thiazole rings is 1. The highest BCUT2D eigenvalue weighted by atomic mass is 35.5. The standard InChI is InChI=1S/C23H28ClN3O3S2/c1-5-12-26(13-6-2)32(29,30)19-10-8-17(9-11-19)22(28)25-23-27(7-3)21-16(4)14-18(24)15-20(21)31-23/h8-11,14-15H,5-7,12-13H2,1-4H3. The Morgan fingerprint density at radius 2 is 1.72 bits per heavy atom. The quantitative estimate of drug-likeness (QED) is 0.431. The molecule has 1 heterocycles. The van der Waals surface area contributed by atoms with Gasteiger partial charge in [-0.15, -0.1) is 0 Å². The fourth-order valence-corrected chi connectivity index (χ4v) is 6.85. The van der Waals surface area contributed by atoms with E-state index >= 15 is 0 Å². The van der Waals surface area contributed by atoms with E-state index in [4.69, 9.17) is 11.6 Å². The van der Waals surface area contributed by atoms with Crippen LogP contribution in [0.4, 0.5) is 0 Å². The number of carbonyl (C=O) groups is 1. The van der Waals surface area contributed by atoms with E-state index in [1.54, 1.807) is 0 Å². The highest BCUT2D eigenvalue weighted by molar-refractivity contribution is 7.89.